The van der Waals surface area contributed by atoms with Crippen LogP contribution >= 0.6 is 0 Å². The normalized spacial score (nSPS) is 28.4. The van der Waals surface area contributed by atoms with Gasteiger partial charge >= 0.3 is 52.7 Å². The molecule has 0 bridgehead atoms. The third-order valence-electron chi connectivity index (χ3n) is 9.54. The number of halogens is 21. The van der Waals surface area contributed by atoms with Gasteiger partial charge in [0.05, 0.1) is 12.2 Å². The molecule has 30 heteroatoms. The maximum absolute atomic E-state index is 13.1. The highest BCUT2D eigenvalue weighted by Crippen LogP contribution is 2.57. The van der Waals surface area contributed by atoms with Crippen molar-refractivity contribution in [1.29, 1.82) is 0 Å². The van der Waals surface area contributed by atoms with Crippen molar-refractivity contribution in [2.75, 3.05) is 0 Å². The van der Waals surface area contributed by atoms with Crippen LogP contribution in [0.1, 0.15) is 52.4 Å². The molecule has 330 valence electrons. The Balaban J connectivity index is 0.000000568. The van der Waals surface area contributed by atoms with Crippen molar-refractivity contribution < 1.29 is 130 Å². The molecule has 55 heavy (non-hydrogen) atoms. The minimum atomic E-state index is -6.65. The number of aliphatic hydroxyl groups is 5. The van der Waals surface area contributed by atoms with Gasteiger partial charge in [-0.05, 0) is 64.2 Å². The second-order valence-electron chi connectivity index (χ2n) is 13.3. The van der Waals surface area contributed by atoms with E-state index in [2.05, 4.69) is 4.18 Å². The van der Waals surface area contributed by atoms with Crippen molar-refractivity contribution in [3.8, 4) is 0 Å². The van der Waals surface area contributed by atoms with E-state index in [0.29, 0.717) is 0 Å². The maximum atomic E-state index is 13.1. The van der Waals surface area contributed by atoms with E-state index in [1.807, 2.05) is 0 Å². The highest BCUT2D eigenvalue weighted by atomic mass is 32.2. The molecule has 8 nitrogen and oxygen atoms in total. The lowest BCUT2D eigenvalue weighted by Gasteiger charge is -2.47. The SMILES string of the molecule is CC(O)(C1CC(O)CC(C(O)(C(F)(F)F)C(F)(F)F)C1)C(F)(F)F.CC(O)(C1CC(OS(=O)(=O)C(F)(F)F)CC(C(O)(C(F)(F)F)C(F)(F)F)C1)C(F)(F)F. The Labute approximate surface area is 294 Å². The molecule has 8 unspecified atom stereocenters. The summed E-state index contributed by atoms with van der Waals surface area (Å²) in [4.78, 5) is 0. The zero-order valence-corrected chi connectivity index (χ0v) is 27.8. The summed E-state index contributed by atoms with van der Waals surface area (Å²) >= 11 is 0. The molecule has 0 heterocycles. The Morgan fingerprint density at radius 1 is 0.436 bits per heavy atom. The van der Waals surface area contributed by atoms with Gasteiger partial charge in [0.25, 0.3) is 11.2 Å². The van der Waals surface area contributed by atoms with Crippen LogP contribution in [0.25, 0.3) is 0 Å². The second-order valence-corrected chi connectivity index (χ2v) is 14.9. The molecule has 0 aromatic carbocycles. The molecule has 2 saturated carbocycles. The summed E-state index contributed by atoms with van der Waals surface area (Å²) in [5, 5.41) is 47.3. The Morgan fingerprint density at radius 2 is 0.691 bits per heavy atom. The monoisotopic (exact) mass is 888 g/mol. The van der Waals surface area contributed by atoms with Gasteiger partial charge in [-0.15, -0.1) is 0 Å². The van der Waals surface area contributed by atoms with Crippen LogP contribution in [0.5, 0.6) is 0 Å². The van der Waals surface area contributed by atoms with Gasteiger partial charge in [0.15, 0.2) is 11.2 Å². The highest BCUT2D eigenvalue weighted by molar-refractivity contribution is 7.87. The molecule has 0 aromatic rings. The van der Waals surface area contributed by atoms with Crippen LogP contribution in [0.4, 0.5) is 92.2 Å². The summed E-state index contributed by atoms with van der Waals surface area (Å²) in [7, 11) is -6.65. The molecule has 2 aliphatic carbocycles. The minimum absolute atomic E-state index is 0.0738. The molecule has 2 rings (SSSR count). The van der Waals surface area contributed by atoms with Gasteiger partial charge in [0.1, 0.15) is 0 Å². The predicted molar refractivity (Wildman–Crippen MR) is 135 cm³/mol. The van der Waals surface area contributed by atoms with Crippen molar-refractivity contribution in [3.05, 3.63) is 0 Å². The summed E-state index contributed by atoms with van der Waals surface area (Å²) in [6.45, 7) is 0.128. The molecule has 0 spiro atoms. The molecule has 0 saturated heterocycles. The first kappa shape index (κ1) is 51.3. The van der Waals surface area contributed by atoms with Crippen LogP contribution in [0.15, 0.2) is 0 Å². The van der Waals surface area contributed by atoms with Gasteiger partial charge < -0.3 is 25.5 Å². The Hall–Kier alpha value is -1.76. The van der Waals surface area contributed by atoms with Crippen molar-refractivity contribution in [3.63, 3.8) is 0 Å². The third kappa shape index (κ3) is 10.1. The molecule has 0 radical (unpaired) electrons. The number of aliphatic hydroxyl groups excluding tert-OH is 1. The maximum Gasteiger partial charge on any atom is 0.523 e. The molecule has 0 aromatic heterocycles. The van der Waals surface area contributed by atoms with Gasteiger partial charge in [-0.25, -0.2) is 0 Å². The molecule has 2 fully saturated rings. The van der Waals surface area contributed by atoms with E-state index in [-0.39, 0.29) is 13.8 Å². The lowest BCUT2D eigenvalue weighted by atomic mass is 9.66. The van der Waals surface area contributed by atoms with E-state index in [0.717, 1.165) is 0 Å². The Morgan fingerprint density at radius 3 is 0.964 bits per heavy atom. The average Bonchev–Trinajstić information content (AvgIpc) is 2.91. The second kappa shape index (κ2) is 15.1. The van der Waals surface area contributed by atoms with Gasteiger partial charge in [-0.2, -0.15) is 101 Å². The summed E-state index contributed by atoms with van der Waals surface area (Å²) in [6.07, 6.45) is -50.1. The molecule has 0 amide bonds. The first-order valence-electron chi connectivity index (χ1n) is 14.6. The number of rotatable bonds is 6. The van der Waals surface area contributed by atoms with Crippen molar-refractivity contribution in [2.24, 2.45) is 23.7 Å². The van der Waals surface area contributed by atoms with E-state index < -0.39 is 149 Å². The van der Waals surface area contributed by atoms with Gasteiger partial charge in [0.2, 0.25) is 0 Å². The third-order valence-corrected chi connectivity index (χ3v) is 10.6. The zero-order valence-electron chi connectivity index (χ0n) is 27.0. The summed E-state index contributed by atoms with van der Waals surface area (Å²) in [5.41, 5.74) is -24.9. The molecular weight excluding hydrogens is 859 g/mol. The summed E-state index contributed by atoms with van der Waals surface area (Å²) in [6, 6.07) is 0. The molecule has 2 aliphatic rings. The van der Waals surface area contributed by atoms with Gasteiger partial charge in [-0.1, -0.05) is 0 Å². The van der Waals surface area contributed by atoms with Crippen LogP contribution in [0.3, 0.4) is 0 Å². The van der Waals surface area contributed by atoms with Crippen molar-refractivity contribution >= 4 is 10.1 Å². The fourth-order valence-electron chi connectivity index (χ4n) is 6.18. The highest BCUT2D eigenvalue weighted by Gasteiger charge is 2.76. The number of hydrogen-bond acceptors (Lipinski definition) is 8. The minimum Gasteiger partial charge on any atom is -0.393 e. The fraction of sp³-hybridized carbons (Fsp3) is 1.00. The van der Waals surface area contributed by atoms with Crippen molar-refractivity contribution in [2.45, 2.75) is 130 Å². The molecule has 5 N–H and O–H groups in total. The first-order valence-corrected chi connectivity index (χ1v) is 16.0. The van der Waals surface area contributed by atoms with Gasteiger partial charge in [0, 0.05) is 11.8 Å². The van der Waals surface area contributed by atoms with E-state index in [1.165, 1.54) is 0 Å². The van der Waals surface area contributed by atoms with Crippen LogP contribution < -0.4 is 0 Å². The molecular formula is C25H29F21O8S. The summed E-state index contributed by atoms with van der Waals surface area (Å²) < 4.78 is 296. The predicted octanol–water partition coefficient (Wildman–Crippen LogP) is 6.74. The first-order chi connectivity index (χ1) is 23.6. The summed E-state index contributed by atoms with van der Waals surface area (Å²) in [5.74, 6) is -11.0. The lowest BCUT2D eigenvalue weighted by Crippen LogP contribution is -2.64. The molecule has 8 atom stereocenters. The molecule has 0 aliphatic heterocycles. The zero-order chi connectivity index (χ0) is 44.4. The van der Waals surface area contributed by atoms with Crippen molar-refractivity contribution in [1.82, 2.24) is 0 Å². The van der Waals surface area contributed by atoms with Crippen LogP contribution in [0.2, 0.25) is 0 Å². The average molecular weight is 889 g/mol. The van der Waals surface area contributed by atoms with E-state index in [9.17, 15) is 126 Å². The van der Waals surface area contributed by atoms with Crippen LogP contribution in [-0.2, 0) is 14.3 Å². The Bertz CT molecular complexity index is 1380. The largest absolute Gasteiger partial charge is 0.523 e. The quantitative estimate of drug-likeness (QED) is 0.112. The van der Waals surface area contributed by atoms with Gasteiger partial charge in [-0.3, -0.25) is 4.18 Å². The van der Waals surface area contributed by atoms with E-state index in [1.54, 1.807) is 0 Å². The smallest absolute Gasteiger partial charge is 0.393 e. The Kier molecular flexibility index (Phi) is 14.1. The number of alkyl halides is 21. The van der Waals surface area contributed by atoms with E-state index in [4.69, 9.17) is 0 Å². The van der Waals surface area contributed by atoms with Crippen LogP contribution in [-0.4, -0.2) is 111 Å². The fourth-order valence-corrected chi connectivity index (χ4v) is 6.80. The standard InChI is InChI=1S/C13H14F12O5S.C12H15F9O3/c1-8(26,10(14,15)16)5-2-6(9(27,11(17,18)19)12(20,21)22)4-7(3-5)30-31(28,29)13(23,24)25;1-8(23,10(13,14)15)5-2-6(4-7(22)3-5)9(24,11(16,17)18)12(19,20)21/h5-7,26-27H,2-4H2,1H3;5-7,22-24H,2-4H2,1H3. The lowest BCUT2D eigenvalue weighted by molar-refractivity contribution is -0.392. The van der Waals surface area contributed by atoms with Crippen LogP contribution in [0, 0.1) is 23.7 Å². The van der Waals surface area contributed by atoms with E-state index >= 15 is 0 Å². The topological polar surface area (TPSA) is 145 Å². The number of hydrogen-bond donors (Lipinski definition) is 5.